The second-order valence-corrected chi connectivity index (χ2v) is 10.8. The Bertz CT molecular complexity index is 1030. The summed E-state index contributed by atoms with van der Waals surface area (Å²) in [6.45, 7) is 11.6. The molecular weight excluding hydrogens is 426 g/mol. The average Bonchev–Trinajstić information content (AvgIpc) is 3.50. The Kier molecular flexibility index (Phi) is 6.32. The van der Waals surface area contributed by atoms with E-state index in [0.29, 0.717) is 5.92 Å². The van der Waals surface area contributed by atoms with E-state index in [-0.39, 0.29) is 17.4 Å². The number of nitrogens with zero attached hydrogens (tertiary/aromatic N) is 5. The zero-order valence-electron chi connectivity index (χ0n) is 20.5. The topological polar surface area (TPSA) is 90.0 Å². The molecule has 2 N–H and O–H groups in total. The lowest BCUT2D eigenvalue weighted by Gasteiger charge is -2.47. The van der Waals surface area contributed by atoms with E-state index in [2.05, 4.69) is 46.9 Å². The summed E-state index contributed by atoms with van der Waals surface area (Å²) in [4.78, 5) is 26.3. The highest BCUT2D eigenvalue weighted by Gasteiger charge is 2.49. The van der Waals surface area contributed by atoms with Crippen molar-refractivity contribution in [3.8, 4) is 0 Å². The van der Waals surface area contributed by atoms with Gasteiger partial charge in [-0.2, -0.15) is 10.1 Å². The largest absolute Gasteiger partial charge is 0.361 e. The van der Waals surface area contributed by atoms with Crippen LogP contribution in [0.4, 0.5) is 11.8 Å². The van der Waals surface area contributed by atoms with E-state index < -0.39 is 0 Å². The molecule has 8 heteroatoms. The molecule has 2 aromatic heterocycles. The van der Waals surface area contributed by atoms with Gasteiger partial charge in [0.1, 0.15) is 5.82 Å². The van der Waals surface area contributed by atoms with E-state index in [4.69, 9.17) is 9.97 Å². The first-order valence-electron chi connectivity index (χ1n) is 12.8. The Morgan fingerprint density at radius 3 is 2.79 bits per heavy atom. The molecule has 1 spiro atoms. The molecule has 1 unspecified atom stereocenters. The molecule has 182 valence electrons. The molecule has 1 atom stereocenters. The lowest BCUT2D eigenvalue weighted by molar-refractivity contribution is -0.136. The molecule has 0 saturated carbocycles. The summed E-state index contributed by atoms with van der Waals surface area (Å²) in [5.74, 6) is 2.49. The molecule has 5 rings (SSSR count). The summed E-state index contributed by atoms with van der Waals surface area (Å²) in [6.07, 6.45) is 10.9. The number of aromatic nitrogens is 4. The van der Waals surface area contributed by atoms with Crippen molar-refractivity contribution in [1.82, 2.24) is 25.1 Å². The highest BCUT2D eigenvalue weighted by Crippen LogP contribution is 2.41. The fourth-order valence-electron chi connectivity index (χ4n) is 5.69. The quantitative estimate of drug-likeness (QED) is 0.577. The van der Waals surface area contributed by atoms with Crippen molar-refractivity contribution in [2.24, 2.45) is 11.3 Å². The van der Waals surface area contributed by atoms with Gasteiger partial charge in [-0.05, 0) is 63.0 Å². The molecule has 3 aliphatic rings. The van der Waals surface area contributed by atoms with Crippen molar-refractivity contribution in [3.05, 3.63) is 41.9 Å². The van der Waals surface area contributed by atoms with E-state index in [9.17, 15) is 4.79 Å². The lowest BCUT2D eigenvalue weighted by atomic mass is 9.79. The third-order valence-electron chi connectivity index (χ3n) is 7.67. The number of amides is 1. The van der Waals surface area contributed by atoms with Crippen LogP contribution in [0.3, 0.4) is 0 Å². The summed E-state index contributed by atoms with van der Waals surface area (Å²) < 4.78 is 0. The van der Waals surface area contributed by atoms with E-state index in [1.165, 1.54) is 30.2 Å². The van der Waals surface area contributed by atoms with E-state index in [0.717, 1.165) is 75.7 Å². The minimum absolute atomic E-state index is 0.0341. The maximum Gasteiger partial charge on any atom is 0.245 e. The number of aromatic amines is 1. The molecule has 8 nitrogen and oxygen atoms in total. The van der Waals surface area contributed by atoms with Gasteiger partial charge >= 0.3 is 0 Å². The normalized spacial score (nSPS) is 19.7. The maximum atomic E-state index is 11.9. The molecule has 1 amide bonds. The van der Waals surface area contributed by atoms with Gasteiger partial charge in [0.2, 0.25) is 11.9 Å². The summed E-state index contributed by atoms with van der Waals surface area (Å²) in [5.41, 5.74) is 3.75. The second kappa shape index (κ2) is 9.39. The summed E-state index contributed by atoms with van der Waals surface area (Å²) in [7, 11) is 0. The predicted molar refractivity (Wildman–Crippen MR) is 134 cm³/mol. The van der Waals surface area contributed by atoms with Gasteiger partial charge in [-0.15, -0.1) is 0 Å². The zero-order valence-corrected chi connectivity index (χ0v) is 20.5. The Morgan fingerprint density at radius 1 is 1.24 bits per heavy atom. The Morgan fingerprint density at radius 2 is 2.06 bits per heavy atom. The standard InChI is InChI=1S/C26H37N7O/c1-4-23(34)33-16-26(17-33)12-14-32(15-26)25-29-20-8-6-5-7-19(20)24(30-25)28-21(10-9-18(2)3)22-11-13-27-31-22/h4,11,13,18,21H,1,5-10,12,14-17H2,2-3H3,(H,27,31)(H,28,29,30). The molecule has 0 bridgehead atoms. The van der Waals surface area contributed by atoms with E-state index >= 15 is 0 Å². The highest BCUT2D eigenvalue weighted by atomic mass is 16.2. The van der Waals surface area contributed by atoms with Gasteiger partial charge in [0, 0.05) is 43.4 Å². The van der Waals surface area contributed by atoms with Crippen LogP contribution in [0.2, 0.25) is 0 Å². The number of hydrogen-bond donors (Lipinski definition) is 2. The number of fused-ring (bicyclic) bond motifs is 1. The van der Waals surface area contributed by atoms with Crippen LogP contribution in [0.25, 0.3) is 0 Å². The zero-order chi connectivity index (χ0) is 23.7. The van der Waals surface area contributed by atoms with E-state index in [1.54, 1.807) is 0 Å². The van der Waals surface area contributed by atoms with Crippen LogP contribution in [0.5, 0.6) is 0 Å². The summed E-state index contributed by atoms with van der Waals surface area (Å²) in [5, 5.41) is 11.2. The van der Waals surface area contributed by atoms with Crippen molar-refractivity contribution in [2.75, 3.05) is 36.4 Å². The number of H-pyrrole nitrogens is 1. The number of rotatable bonds is 8. The van der Waals surface area contributed by atoms with Gasteiger partial charge in [-0.1, -0.05) is 20.4 Å². The minimum atomic E-state index is 0.0341. The number of carbonyl (C=O) groups is 1. The first kappa shape index (κ1) is 22.9. The number of nitrogens with one attached hydrogen (secondary N) is 2. The fraction of sp³-hybridized carbons (Fsp3) is 0.615. The number of carbonyl (C=O) groups excluding carboxylic acids is 1. The molecule has 1 aliphatic carbocycles. The Labute approximate surface area is 202 Å². The molecule has 34 heavy (non-hydrogen) atoms. The molecule has 0 radical (unpaired) electrons. The van der Waals surface area contributed by atoms with Crippen LogP contribution in [-0.4, -0.2) is 57.2 Å². The first-order valence-corrected chi connectivity index (χ1v) is 12.8. The summed E-state index contributed by atoms with van der Waals surface area (Å²) in [6, 6.07) is 2.21. The number of likely N-dealkylation sites (tertiary alicyclic amines) is 1. The molecule has 2 fully saturated rings. The van der Waals surface area contributed by atoms with Crippen LogP contribution < -0.4 is 10.2 Å². The van der Waals surface area contributed by atoms with Crippen molar-refractivity contribution in [3.63, 3.8) is 0 Å². The first-order chi connectivity index (χ1) is 16.5. The summed E-state index contributed by atoms with van der Waals surface area (Å²) >= 11 is 0. The van der Waals surface area contributed by atoms with Crippen LogP contribution in [0.1, 0.15) is 68.9 Å². The monoisotopic (exact) mass is 463 g/mol. The van der Waals surface area contributed by atoms with Gasteiger partial charge in [0.15, 0.2) is 0 Å². The number of hydrogen-bond acceptors (Lipinski definition) is 6. The number of anilines is 2. The Balaban J connectivity index is 1.38. The molecule has 2 aliphatic heterocycles. The lowest BCUT2D eigenvalue weighted by Crippen LogP contribution is -2.59. The third-order valence-corrected chi connectivity index (χ3v) is 7.67. The van der Waals surface area contributed by atoms with Crippen molar-refractivity contribution in [1.29, 1.82) is 0 Å². The SMILES string of the molecule is C=CC(=O)N1CC2(CCN(c3nc4c(c(NC(CCC(C)C)c5ccn[nH]5)n3)CCCC4)C2)C1. The van der Waals surface area contributed by atoms with Gasteiger partial charge < -0.3 is 15.1 Å². The number of aryl methyl sites for hydroxylation is 1. The third kappa shape index (κ3) is 4.55. The van der Waals surface area contributed by atoms with Crippen molar-refractivity contribution < 1.29 is 4.79 Å². The molecule has 2 saturated heterocycles. The van der Waals surface area contributed by atoms with Gasteiger partial charge in [-0.3, -0.25) is 9.89 Å². The fourth-order valence-corrected chi connectivity index (χ4v) is 5.69. The minimum Gasteiger partial charge on any atom is -0.361 e. The highest BCUT2D eigenvalue weighted by molar-refractivity contribution is 5.87. The van der Waals surface area contributed by atoms with Crippen LogP contribution in [0, 0.1) is 11.3 Å². The second-order valence-electron chi connectivity index (χ2n) is 10.8. The molecule has 0 aromatic carbocycles. The predicted octanol–water partition coefficient (Wildman–Crippen LogP) is 3.89. The van der Waals surface area contributed by atoms with Crippen LogP contribution in [-0.2, 0) is 17.6 Å². The smallest absolute Gasteiger partial charge is 0.245 e. The van der Waals surface area contributed by atoms with Crippen molar-refractivity contribution in [2.45, 2.75) is 64.8 Å². The average molecular weight is 464 g/mol. The Hall–Kier alpha value is -2.90. The van der Waals surface area contributed by atoms with E-state index in [1.807, 2.05) is 11.1 Å². The van der Waals surface area contributed by atoms with Crippen LogP contribution >= 0.6 is 0 Å². The molecule has 4 heterocycles. The van der Waals surface area contributed by atoms with Crippen LogP contribution in [0.15, 0.2) is 24.9 Å². The van der Waals surface area contributed by atoms with Gasteiger partial charge in [-0.25, -0.2) is 4.98 Å². The maximum absolute atomic E-state index is 11.9. The molecular formula is C26H37N7O. The van der Waals surface area contributed by atoms with Crippen molar-refractivity contribution >= 4 is 17.7 Å². The molecule has 2 aromatic rings. The van der Waals surface area contributed by atoms with Gasteiger partial charge in [0.05, 0.1) is 17.4 Å². The van der Waals surface area contributed by atoms with Gasteiger partial charge in [0.25, 0.3) is 0 Å².